The Morgan fingerprint density at radius 3 is 2.37 bits per heavy atom. The lowest BCUT2D eigenvalue weighted by atomic mass is 10.1. The summed E-state index contributed by atoms with van der Waals surface area (Å²) in [5.74, 6) is 0.684. The lowest BCUT2D eigenvalue weighted by Gasteiger charge is -2.17. The van der Waals surface area contributed by atoms with Crippen molar-refractivity contribution >= 4 is 11.6 Å². The molecule has 7 heteroatoms. The first kappa shape index (κ1) is 14.3. The molecule has 0 aliphatic carbocycles. The van der Waals surface area contributed by atoms with E-state index in [1.54, 1.807) is 0 Å². The molecule has 0 amide bonds. The number of hydrogen-bond donors (Lipinski definition) is 1. The summed E-state index contributed by atoms with van der Waals surface area (Å²) in [6.45, 7) is 0.858. The van der Waals surface area contributed by atoms with Gasteiger partial charge in [-0.2, -0.15) is 13.2 Å². The van der Waals surface area contributed by atoms with E-state index in [0.29, 0.717) is 31.1 Å². The van der Waals surface area contributed by atoms with Gasteiger partial charge in [0.05, 0.1) is 30.8 Å². The second-order valence-electron chi connectivity index (χ2n) is 4.21. The molecular weight excluding hydrogens is 285 g/mol. The topological polar surface area (TPSA) is 38.7 Å². The SMILES string of the molecule is OC(CC(F)(F)F)c1cc2c(cc1Cl)OCCCO2. The van der Waals surface area contributed by atoms with Crippen LogP contribution in [0, 0.1) is 0 Å². The number of aliphatic hydroxyl groups is 1. The van der Waals surface area contributed by atoms with Crippen molar-refractivity contribution in [2.24, 2.45) is 0 Å². The molecule has 0 saturated carbocycles. The molecule has 106 valence electrons. The summed E-state index contributed by atoms with van der Waals surface area (Å²) < 4.78 is 47.5. The normalized spacial score (nSPS) is 16.9. The Labute approximate surface area is 112 Å². The van der Waals surface area contributed by atoms with Crippen molar-refractivity contribution in [1.82, 2.24) is 0 Å². The maximum Gasteiger partial charge on any atom is 0.391 e. The second-order valence-corrected chi connectivity index (χ2v) is 4.61. The van der Waals surface area contributed by atoms with Gasteiger partial charge in [0.1, 0.15) is 0 Å². The monoisotopic (exact) mass is 296 g/mol. The van der Waals surface area contributed by atoms with Crippen LogP contribution in [0.4, 0.5) is 13.2 Å². The molecular formula is C12H12ClF3O3. The maximum atomic E-state index is 12.3. The third-order valence-corrected chi connectivity index (χ3v) is 2.98. The van der Waals surface area contributed by atoms with Gasteiger partial charge in [-0.3, -0.25) is 0 Å². The molecule has 3 nitrogen and oxygen atoms in total. The number of aliphatic hydroxyl groups excluding tert-OH is 1. The van der Waals surface area contributed by atoms with E-state index in [-0.39, 0.29) is 10.6 Å². The zero-order chi connectivity index (χ0) is 14.0. The standard InChI is InChI=1S/C12H12ClF3O3/c13-8-5-11-10(18-2-1-3-19-11)4-7(8)9(17)6-12(14,15)16/h4-5,9,17H,1-3,6H2. The van der Waals surface area contributed by atoms with Crippen molar-refractivity contribution < 1.29 is 27.8 Å². The Hall–Kier alpha value is -1.14. The van der Waals surface area contributed by atoms with Crippen LogP contribution in [0.15, 0.2) is 12.1 Å². The molecule has 0 radical (unpaired) electrons. The Bertz CT molecular complexity index is 462. The smallest absolute Gasteiger partial charge is 0.391 e. The predicted molar refractivity (Wildman–Crippen MR) is 62.7 cm³/mol. The maximum absolute atomic E-state index is 12.3. The Morgan fingerprint density at radius 1 is 1.21 bits per heavy atom. The minimum absolute atomic E-state index is 0.0109. The van der Waals surface area contributed by atoms with Gasteiger partial charge in [-0.25, -0.2) is 0 Å². The van der Waals surface area contributed by atoms with Gasteiger partial charge in [0, 0.05) is 18.1 Å². The molecule has 0 saturated heterocycles. The summed E-state index contributed by atoms with van der Waals surface area (Å²) in [6, 6.07) is 2.68. The van der Waals surface area contributed by atoms with Crippen molar-refractivity contribution in [3.63, 3.8) is 0 Å². The molecule has 1 N–H and O–H groups in total. The number of alkyl halides is 3. The fraction of sp³-hybridized carbons (Fsp3) is 0.500. The van der Waals surface area contributed by atoms with Crippen LogP contribution >= 0.6 is 11.6 Å². The van der Waals surface area contributed by atoms with Gasteiger partial charge in [0.2, 0.25) is 0 Å². The van der Waals surface area contributed by atoms with Crippen LogP contribution in [0.25, 0.3) is 0 Å². The first-order valence-electron chi connectivity index (χ1n) is 5.70. The summed E-state index contributed by atoms with van der Waals surface area (Å²) in [5.41, 5.74) is -0.0109. The van der Waals surface area contributed by atoms with E-state index in [4.69, 9.17) is 21.1 Å². The van der Waals surface area contributed by atoms with Crippen molar-refractivity contribution in [1.29, 1.82) is 0 Å². The van der Waals surface area contributed by atoms with Crippen molar-refractivity contribution in [2.75, 3.05) is 13.2 Å². The predicted octanol–water partition coefficient (Wildman–Crippen LogP) is 3.49. The van der Waals surface area contributed by atoms with Gasteiger partial charge in [-0.15, -0.1) is 0 Å². The second kappa shape index (κ2) is 5.46. The van der Waals surface area contributed by atoms with E-state index in [1.807, 2.05) is 0 Å². The largest absolute Gasteiger partial charge is 0.490 e. The summed E-state index contributed by atoms with van der Waals surface area (Å²) in [5, 5.41) is 9.64. The third-order valence-electron chi connectivity index (χ3n) is 2.65. The molecule has 1 heterocycles. The molecule has 0 bridgehead atoms. The van der Waals surface area contributed by atoms with E-state index in [0.717, 1.165) is 0 Å². The summed E-state index contributed by atoms with van der Waals surface area (Å²) >= 11 is 5.88. The van der Waals surface area contributed by atoms with Gasteiger partial charge < -0.3 is 14.6 Å². The highest BCUT2D eigenvalue weighted by atomic mass is 35.5. The van der Waals surface area contributed by atoms with Crippen LogP contribution in [0.2, 0.25) is 5.02 Å². The van der Waals surface area contributed by atoms with Crippen LogP contribution in [-0.4, -0.2) is 24.5 Å². The van der Waals surface area contributed by atoms with Crippen LogP contribution in [0.5, 0.6) is 11.5 Å². The van der Waals surface area contributed by atoms with E-state index in [1.165, 1.54) is 12.1 Å². The minimum atomic E-state index is -4.47. The molecule has 0 fully saturated rings. The van der Waals surface area contributed by atoms with Gasteiger partial charge in [-0.05, 0) is 6.07 Å². The molecule has 1 aromatic rings. The van der Waals surface area contributed by atoms with Crippen LogP contribution in [0.3, 0.4) is 0 Å². The van der Waals surface area contributed by atoms with Crippen molar-refractivity contribution in [3.05, 3.63) is 22.7 Å². The first-order chi connectivity index (χ1) is 8.87. The molecule has 19 heavy (non-hydrogen) atoms. The fourth-order valence-electron chi connectivity index (χ4n) is 1.78. The quantitative estimate of drug-likeness (QED) is 0.908. The molecule has 1 aromatic carbocycles. The molecule has 2 rings (SSSR count). The van der Waals surface area contributed by atoms with E-state index in [2.05, 4.69) is 0 Å². The molecule has 1 aliphatic heterocycles. The van der Waals surface area contributed by atoms with Gasteiger partial charge in [0.25, 0.3) is 0 Å². The van der Waals surface area contributed by atoms with Gasteiger partial charge >= 0.3 is 6.18 Å². The lowest BCUT2D eigenvalue weighted by Crippen LogP contribution is -2.14. The average molecular weight is 297 g/mol. The summed E-state index contributed by atoms with van der Waals surface area (Å²) in [7, 11) is 0. The molecule has 0 aromatic heterocycles. The zero-order valence-corrected chi connectivity index (χ0v) is 10.6. The average Bonchev–Trinajstić information content (AvgIpc) is 2.50. The van der Waals surface area contributed by atoms with E-state index < -0.39 is 18.7 Å². The highest BCUT2D eigenvalue weighted by Gasteiger charge is 2.33. The van der Waals surface area contributed by atoms with Crippen LogP contribution in [-0.2, 0) is 0 Å². The Balaban J connectivity index is 2.28. The van der Waals surface area contributed by atoms with Gasteiger partial charge in [-0.1, -0.05) is 11.6 Å². The summed E-state index contributed by atoms with van der Waals surface area (Å²) in [6.07, 6.45) is -6.86. The molecule has 1 aliphatic rings. The molecule has 1 atom stereocenters. The number of fused-ring (bicyclic) bond motifs is 1. The number of halogens is 4. The van der Waals surface area contributed by atoms with E-state index in [9.17, 15) is 18.3 Å². The molecule has 1 unspecified atom stereocenters. The van der Waals surface area contributed by atoms with Gasteiger partial charge in [0.15, 0.2) is 11.5 Å². The first-order valence-corrected chi connectivity index (χ1v) is 6.08. The number of hydrogen-bond acceptors (Lipinski definition) is 3. The Kier molecular flexibility index (Phi) is 4.10. The van der Waals surface area contributed by atoms with Crippen molar-refractivity contribution in [3.8, 4) is 11.5 Å². The zero-order valence-electron chi connectivity index (χ0n) is 9.84. The number of benzene rings is 1. The Morgan fingerprint density at radius 2 is 1.79 bits per heavy atom. The summed E-state index contributed by atoms with van der Waals surface area (Å²) in [4.78, 5) is 0. The van der Waals surface area contributed by atoms with Crippen LogP contribution < -0.4 is 9.47 Å². The fourth-order valence-corrected chi connectivity index (χ4v) is 2.06. The van der Waals surface area contributed by atoms with E-state index >= 15 is 0 Å². The van der Waals surface area contributed by atoms with Crippen LogP contribution in [0.1, 0.15) is 24.5 Å². The lowest BCUT2D eigenvalue weighted by molar-refractivity contribution is -0.154. The van der Waals surface area contributed by atoms with Crippen molar-refractivity contribution in [2.45, 2.75) is 25.1 Å². The third kappa shape index (κ3) is 3.67. The highest BCUT2D eigenvalue weighted by Crippen LogP contribution is 2.40. The minimum Gasteiger partial charge on any atom is -0.490 e. The highest BCUT2D eigenvalue weighted by molar-refractivity contribution is 6.31. The number of rotatable bonds is 2. The number of ether oxygens (including phenoxy) is 2. The molecule has 0 spiro atoms.